The minimum atomic E-state index is -0.542. The van der Waals surface area contributed by atoms with Crippen molar-refractivity contribution in [1.82, 2.24) is 14.8 Å². The van der Waals surface area contributed by atoms with Crippen LogP contribution < -0.4 is 4.74 Å². The molecule has 0 fully saturated rings. The van der Waals surface area contributed by atoms with E-state index >= 15 is 0 Å². The van der Waals surface area contributed by atoms with E-state index in [1.54, 1.807) is 47.5 Å². The van der Waals surface area contributed by atoms with Crippen LogP contribution in [0.5, 0.6) is 11.5 Å². The van der Waals surface area contributed by atoms with Crippen molar-refractivity contribution in [2.24, 2.45) is 0 Å². The third-order valence-electron chi connectivity index (χ3n) is 4.65. The molecule has 0 aliphatic heterocycles. The Morgan fingerprint density at radius 2 is 1.84 bits per heavy atom. The second kappa shape index (κ2) is 11.2. The first kappa shape index (κ1) is 23.1. The highest BCUT2D eigenvalue weighted by Gasteiger charge is 2.12. The quantitative estimate of drug-likeness (QED) is 0.453. The number of aromatic nitrogens is 1. The smallest absolute Gasteiger partial charge is 0.246 e. The summed E-state index contributed by atoms with van der Waals surface area (Å²) in [4.78, 5) is 20.4. The van der Waals surface area contributed by atoms with Gasteiger partial charge < -0.3 is 14.5 Å². The van der Waals surface area contributed by atoms with Gasteiger partial charge in [-0.05, 0) is 67.7 Å². The molecule has 0 N–H and O–H groups in total. The molecule has 1 amide bonds. The van der Waals surface area contributed by atoms with Crippen molar-refractivity contribution in [3.63, 3.8) is 0 Å². The van der Waals surface area contributed by atoms with Crippen LogP contribution in [0.3, 0.4) is 0 Å². The summed E-state index contributed by atoms with van der Waals surface area (Å²) in [6, 6.07) is 13.9. The summed E-state index contributed by atoms with van der Waals surface area (Å²) in [5.74, 6) is -0.572. The van der Waals surface area contributed by atoms with Crippen molar-refractivity contribution in [2.45, 2.75) is 6.54 Å². The lowest BCUT2D eigenvalue weighted by atomic mass is 10.1. The van der Waals surface area contributed by atoms with E-state index in [4.69, 9.17) is 4.74 Å². The van der Waals surface area contributed by atoms with E-state index in [1.165, 1.54) is 36.5 Å². The molecule has 3 rings (SSSR count). The van der Waals surface area contributed by atoms with Crippen LogP contribution in [0, 0.1) is 11.6 Å². The average molecular weight is 437 g/mol. The Morgan fingerprint density at radius 3 is 2.50 bits per heavy atom. The van der Waals surface area contributed by atoms with Crippen LogP contribution in [0.25, 0.3) is 6.08 Å². The molecule has 32 heavy (non-hydrogen) atoms. The van der Waals surface area contributed by atoms with E-state index < -0.39 is 5.82 Å². The molecule has 166 valence electrons. The molecule has 1 heterocycles. The molecule has 3 aromatic rings. The monoisotopic (exact) mass is 437 g/mol. The Kier molecular flexibility index (Phi) is 8.05. The van der Waals surface area contributed by atoms with Gasteiger partial charge in [-0.15, -0.1) is 0 Å². The third-order valence-corrected chi connectivity index (χ3v) is 4.65. The Hall–Kier alpha value is -3.58. The zero-order chi connectivity index (χ0) is 22.9. The number of pyridine rings is 1. The molecular weight excluding hydrogens is 412 g/mol. The molecule has 0 radical (unpaired) electrons. The number of amides is 1. The summed E-state index contributed by atoms with van der Waals surface area (Å²) in [5.41, 5.74) is 1.36. The second-order valence-electron chi connectivity index (χ2n) is 7.50. The Morgan fingerprint density at radius 1 is 1.06 bits per heavy atom. The number of carbonyl (C=O) groups is 1. The fourth-order valence-electron chi connectivity index (χ4n) is 2.91. The second-order valence-corrected chi connectivity index (χ2v) is 7.50. The van der Waals surface area contributed by atoms with Gasteiger partial charge in [-0.3, -0.25) is 9.78 Å². The lowest BCUT2D eigenvalue weighted by Gasteiger charge is -2.23. The van der Waals surface area contributed by atoms with Gasteiger partial charge in [-0.25, -0.2) is 8.78 Å². The van der Waals surface area contributed by atoms with Gasteiger partial charge in [0, 0.05) is 31.9 Å². The van der Waals surface area contributed by atoms with Crippen molar-refractivity contribution in [2.75, 3.05) is 27.2 Å². The summed E-state index contributed by atoms with van der Waals surface area (Å²) in [6.07, 6.45) is 6.07. The maximum atomic E-state index is 14.4. The molecule has 0 atom stereocenters. The van der Waals surface area contributed by atoms with Crippen LogP contribution in [0.4, 0.5) is 8.78 Å². The van der Waals surface area contributed by atoms with E-state index in [0.29, 0.717) is 30.9 Å². The molecule has 2 aromatic carbocycles. The van der Waals surface area contributed by atoms with Gasteiger partial charge in [0.05, 0.1) is 6.20 Å². The molecule has 0 bridgehead atoms. The Balaban J connectivity index is 1.69. The van der Waals surface area contributed by atoms with E-state index in [2.05, 4.69) is 4.98 Å². The largest absolute Gasteiger partial charge is 0.453 e. The normalized spacial score (nSPS) is 11.2. The average Bonchev–Trinajstić information content (AvgIpc) is 2.78. The number of rotatable bonds is 9. The van der Waals surface area contributed by atoms with E-state index in [9.17, 15) is 13.6 Å². The summed E-state index contributed by atoms with van der Waals surface area (Å²) >= 11 is 0. The first-order valence-corrected chi connectivity index (χ1v) is 10.1. The van der Waals surface area contributed by atoms with Gasteiger partial charge in [0.25, 0.3) is 0 Å². The Labute approximate surface area is 186 Å². The highest BCUT2D eigenvalue weighted by molar-refractivity contribution is 5.91. The van der Waals surface area contributed by atoms with E-state index in [-0.39, 0.29) is 17.5 Å². The summed E-state index contributed by atoms with van der Waals surface area (Å²) in [5, 5.41) is 0. The van der Waals surface area contributed by atoms with Crippen LogP contribution in [-0.4, -0.2) is 47.9 Å². The number of benzene rings is 2. The SMILES string of the molecule is CN(C)CCN(Cc1ccc(F)cc1)C(=O)/C=C/c1ccc(Oc2cccnc2)c(F)c1. The van der Waals surface area contributed by atoms with Crippen molar-refractivity contribution in [3.8, 4) is 11.5 Å². The standard InChI is InChI=1S/C25H25F2N3O2/c1-29(2)14-15-30(18-20-5-9-21(26)10-6-20)25(31)12-8-19-7-11-24(23(27)16-19)32-22-4-3-13-28-17-22/h3-13,16-17H,14-15,18H2,1-2H3/b12-8+. The number of ether oxygens (including phenoxy) is 1. The fraction of sp³-hybridized carbons (Fsp3) is 0.200. The molecule has 0 spiro atoms. The fourth-order valence-corrected chi connectivity index (χ4v) is 2.91. The highest BCUT2D eigenvalue weighted by Crippen LogP contribution is 2.25. The van der Waals surface area contributed by atoms with E-state index in [0.717, 1.165) is 5.56 Å². The summed E-state index contributed by atoms with van der Waals surface area (Å²) < 4.78 is 33.1. The summed E-state index contributed by atoms with van der Waals surface area (Å²) in [7, 11) is 3.85. The lowest BCUT2D eigenvalue weighted by Crippen LogP contribution is -2.35. The first-order chi connectivity index (χ1) is 15.4. The van der Waals surface area contributed by atoms with Gasteiger partial charge in [0.15, 0.2) is 11.6 Å². The van der Waals surface area contributed by atoms with Crippen LogP contribution in [-0.2, 0) is 11.3 Å². The molecule has 0 aliphatic rings. The molecule has 5 nitrogen and oxygen atoms in total. The third kappa shape index (κ3) is 6.99. The predicted molar refractivity (Wildman–Crippen MR) is 120 cm³/mol. The number of halogens is 2. The van der Waals surface area contributed by atoms with E-state index in [1.807, 2.05) is 19.0 Å². The summed E-state index contributed by atoms with van der Waals surface area (Å²) in [6.45, 7) is 1.53. The van der Waals surface area contributed by atoms with Crippen LogP contribution in [0.1, 0.15) is 11.1 Å². The number of nitrogens with zero attached hydrogens (tertiary/aromatic N) is 3. The maximum absolute atomic E-state index is 14.4. The van der Waals surface area contributed by atoms with Crippen molar-refractivity contribution >= 4 is 12.0 Å². The van der Waals surface area contributed by atoms with Gasteiger partial charge in [-0.1, -0.05) is 18.2 Å². The first-order valence-electron chi connectivity index (χ1n) is 10.1. The number of hydrogen-bond acceptors (Lipinski definition) is 4. The topological polar surface area (TPSA) is 45.7 Å². The molecule has 0 saturated carbocycles. The highest BCUT2D eigenvalue weighted by atomic mass is 19.1. The molecule has 1 aromatic heterocycles. The number of carbonyl (C=O) groups excluding carboxylic acids is 1. The maximum Gasteiger partial charge on any atom is 0.246 e. The van der Waals surface area contributed by atoms with Crippen molar-refractivity contribution in [3.05, 3.63) is 95.8 Å². The molecule has 0 unspecified atom stereocenters. The van der Waals surface area contributed by atoms with Gasteiger partial charge in [-0.2, -0.15) is 0 Å². The molecule has 0 saturated heterocycles. The van der Waals surface area contributed by atoms with Crippen molar-refractivity contribution in [1.29, 1.82) is 0 Å². The molecule has 7 heteroatoms. The minimum Gasteiger partial charge on any atom is -0.453 e. The molecular formula is C25H25F2N3O2. The van der Waals surface area contributed by atoms with Gasteiger partial charge in [0.2, 0.25) is 5.91 Å². The zero-order valence-corrected chi connectivity index (χ0v) is 18.0. The number of hydrogen-bond donors (Lipinski definition) is 0. The molecule has 0 aliphatic carbocycles. The minimum absolute atomic E-state index is 0.0744. The van der Waals surface area contributed by atoms with Crippen molar-refractivity contribution < 1.29 is 18.3 Å². The van der Waals surface area contributed by atoms with Crippen LogP contribution in [0.2, 0.25) is 0 Å². The number of likely N-dealkylation sites (N-methyl/N-ethyl adjacent to an activating group) is 1. The lowest BCUT2D eigenvalue weighted by molar-refractivity contribution is -0.126. The van der Waals surface area contributed by atoms with Gasteiger partial charge in [0.1, 0.15) is 11.6 Å². The van der Waals surface area contributed by atoms with Gasteiger partial charge >= 0.3 is 0 Å². The van der Waals surface area contributed by atoms with Crippen LogP contribution in [0.15, 0.2) is 73.1 Å². The predicted octanol–water partition coefficient (Wildman–Crippen LogP) is 4.76. The van der Waals surface area contributed by atoms with Crippen LogP contribution >= 0.6 is 0 Å². The zero-order valence-electron chi connectivity index (χ0n) is 18.0. The Bertz CT molecular complexity index is 1050.